The molecule has 2 saturated carbocycles. The van der Waals surface area contributed by atoms with Crippen molar-refractivity contribution in [1.82, 2.24) is 0 Å². The molecule has 0 amide bonds. The second kappa shape index (κ2) is 2.53. The number of fused-ring (bicyclic) bond motifs is 2. The average molecular weight is 237 g/mol. The molecule has 0 saturated heterocycles. The van der Waals surface area contributed by atoms with Crippen LogP contribution in [-0.2, 0) is 13.8 Å². The van der Waals surface area contributed by atoms with Gasteiger partial charge in [-0.15, -0.1) is 0 Å². The molecule has 2 fully saturated rings. The van der Waals surface area contributed by atoms with Gasteiger partial charge in [0.15, 0.2) is 10.5 Å². The number of carbonyl (C=O) groups excluding carboxylic acids is 1. The van der Waals surface area contributed by atoms with E-state index < -0.39 is 19.2 Å². The Labute approximate surface area is 88.2 Å². The highest BCUT2D eigenvalue weighted by atomic mass is 35.7. The lowest BCUT2D eigenvalue weighted by Gasteiger charge is -2.32. The van der Waals surface area contributed by atoms with Crippen molar-refractivity contribution in [3.63, 3.8) is 0 Å². The van der Waals surface area contributed by atoms with Crippen molar-refractivity contribution in [3.8, 4) is 0 Å². The summed E-state index contributed by atoms with van der Waals surface area (Å²) < 4.78 is 21.9. The van der Waals surface area contributed by atoms with Crippen LogP contribution in [0.3, 0.4) is 0 Å². The standard InChI is InChI=1S/C9H13ClO3S/c1-8(2)6-3-4-9(8,7(11)5-6)14(10,12)13/h6H,3-5H2,1-2H3/t6?,9-/m0/s1. The average Bonchev–Trinajstić information content (AvgIpc) is 2.34. The first-order valence-corrected chi connectivity index (χ1v) is 7.02. The van der Waals surface area contributed by atoms with Gasteiger partial charge < -0.3 is 0 Å². The second-order valence-corrected chi connectivity index (χ2v) is 7.64. The number of hydrogen-bond donors (Lipinski definition) is 0. The fourth-order valence-corrected chi connectivity index (χ4v) is 5.81. The summed E-state index contributed by atoms with van der Waals surface area (Å²) in [5.74, 6) is -0.00252. The Kier molecular flexibility index (Phi) is 1.88. The number of hydrogen-bond acceptors (Lipinski definition) is 3. The Morgan fingerprint density at radius 3 is 2.21 bits per heavy atom. The highest BCUT2D eigenvalue weighted by Gasteiger charge is 2.70. The van der Waals surface area contributed by atoms with Gasteiger partial charge in [0.1, 0.15) is 0 Å². The molecule has 3 nitrogen and oxygen atoms in total. The third-order valence-corrected chi connectivity index (χ3v) is 6.79. The van der Waals surface area contributed by atoms with Crippen molar-refractivity contribution in [3.05, 3.63) is 0 Å². The number of Topliss-reactive ketones (excluding diaryl/α,β-unsaturated/α-hetero) is 1. The van der Waals surface area contributed by atoms with Crippen LogP contribution in [0.4, 0.5) is 0 Å². The van der Waals surface area contributed by atoms with E-state index in [1.807, 2.05) is 13.8 Å². The largest absolute Gasteiger partial charge is 0.298 e. The van der Waals surface area contributed by atoms with Crippen LogP contribution in [0.1, 0.15) is 33.1 Å². The minimum atomic E-state index is -3.81. The third-order valence-electron chi connectivity index (χ3n) is 4.20. The van der Waals surface area contributed by atoms with Crippen LogP contribution in [-0.4, -0.2) is 18.9 Å². The van der Waals surface area contributed by atoms with Crippen molar-refractivity contribution in [1.29, 1.82) is 0 Å². The van der Waals surface area contributed by atoms with E-state index in [0.717, 1.165) is 6.42 Å². The van der Waals surface area contributed by atoms with E-state index in [1.165, 1.54) is 0 Å². The molecule has 80 valence electrons. The molecule has 0 aromatic carbocycles. The quantitative estimate of drug-likeness (QED) is 0.652. The summed E-state index contributed by atoms with van der Waals surface area (Å²) in [6.07, 6.45) is 1.57. The predicted octanol–water partition coefficient (Wildman–Crippen LogP) is 1.70. The zero-order chi connectivity index (χ0) is 10.8. The van der Waals surface area contributed by atoms with Gasteiger partial charge >= 0.3 is 0 Å². The first-order valence-electron chi connectivity index (χ1n) is 4.71. The summed E-state index contributed by atoms with van der Waals surface area (Å²) in [6, 6.07) is 0. The zero-order valence-electron chi connectivity index (χ0n) is 8.21. The molecule has 5 heteroatoms. The van der Waals surface area contributed by atoms with E-state index in [4.69, 9.17) is 10.7 Å². The molecule has 0 spiro atoms. The molecule has 0 aromatic heterocycles. The molecule has 2 bridgehead atoms. The molecule has 14 heavy (non-hydrogen) atoms. The number of halogens is 1. The van der Waals surface area contributed by atoms with Gasteiger partial charge in [-0.2, -0.15) is 0 Å². The molecular weight excluding hydrogens is 224 g/mol. The first kappa shape index (κ1) is 10.4. The Morgan fingerprint density at radius 2 is 2.00 bits per heavy atom. The third kappa shape index (κ3) is 0.890. The maximum atomic E-state index is 11.8. The number of carbonyl (C=O) groups is 1. The molecule has 2 aliphatic rings. The van der Waals surface area contributed by atoms with Crippen molar-refractivity contribution in [2.45, 2.75) is 37.9 Å². The van der Waals surface area contributed by atoms with Gasteiger partial charge in [0.2, 0.25) is 9.05 Å². The van der Waals surface area contributed by atoms with Crippen LogP contribution in [0.25, 0.3) is 0 Å². The monoisotopic (exact) mass is 236 g/mol. The van der Waals surface area contributed by atoms with Crippen LogP contribution in [0, 0.1) is 11.3 Å². The summed E-state index contributed by atoms with van der Waals surface area (Å²) in [5.41, 5.74) is -0.495. The highest BCUT2D eigenvalue weighted by molar-refractivity contribution is 8.15. The minimum Gasteiger partial charge on any atom is -0.298 e. The van der Waals surface area contributed by atoms with Gasteiger partial charge in [-0.25, -0.2) is 8.42 Å². The van der Waals surface area contributed by atoms with Gasteiger partial charge in [0.25, 0.3) is 0 Å². The molecule has 0 aliphatic heterocycles. The van der Waals surface area contributed by atoms with E-state index in [-0.39, 0.29) is 11.7 Å². The molecule has 2 atom stereocenters. The molecule has 0 N–H and O–H groups in total. The molecule has 0 radical (unpaired) electrons. The second-order valence-electron chi connectivity index (χ2n) is 4.85. The predicted molar refractivity (Wildman–Crippen MR) is 53.6 cm³/mol. The Morgan fingerprint density at radius 1 is 1.43 bits per heavy atom. The van der Waals surface area contributed by atoms with Gasteiger partial charge in [0, 0.05) is 17.1 Å². The van der Waals surface area contributed by atoms with E-state index in [9.17, 15) is 13.2 Å². The maximum Gasteiger partial charge on any atom is 0.245 e. The lowest BCUT2D eigenvalue weighted by molar-refractivity contribution is -0.121. The van der Waals surface area contributed by atoms with E-state index >= 15 is 0 Å². The van der Waals surface area contributed by atoms with Crippen molar-refractivity contribution < 1.29 is 13.2 Å². The smallest absolute Gasteiger partial charge is 0.245 e. The van der Waals surface area contributed by atoms with Crippen molar-refractivity contribution in [2.24, 2.45) is 11.3 Å². The lowest BCUT2D eigenvalue weighted by atomic mass is 9.81. The molecule has 2 aliphatic carbocycles. The van der Waals surface area contributed by atoms with Crippen LogP contribution >= 0.6 is 10.7 Å². The van der Waals surface area contributed by atoms with Gasteiger partial charge in [-0.3, -0.25) is 4.79 Å². The summed E-state index contributed by atoms with van der Waals surface area (Å²) in [4.78, 5) is 11.8. The minimum absolute atomic E-state index is 0.184. The van der Waals surface area contributed by atoms with Crippen LogP contribution in [0.2, 0.25) is 0 Å². The lowest BCUT2D eigenvalue weighted by Crippen LogP contribution is -2.48. The Bertz CT molecular complexity index is 398. The highest BCUT2D eigenvalue weighted by Crippen LogP contribution is 2.62. The summed E-state index contributed by atoms with van der Waals surface area (Å²) >= 11 is 0. The molecule has 1 unspecified atom stereocenters. The normalized spacial score (nSPS) is 40.5. The van der Waals surface area contributed by atoms with E-state index in [2.05, 4.69) is 0 Å². The SMILES string of the molecule is CC1(C)C2CC[C@]1(S(=O)(=O)Cl)C(=O)C2. The molecule has 2 rings (SSSR count). The van der Waals surface area contributed by atoms with Crippen molar-refractivity contribution >= 4 is 25.5 Å². The van der Waals surface area contributed by atoms with E-state index in [0.29, 0.717) is 12.8 Å². The van der Waals surface area contributed by atoms with Crippen molar-refractivity contribution in [2.75, 3.05) is 0 Å². The zero-order valence-corrected chi connectivity index (χ0v) is 9.78. The van der Waals surface area contributed by atoms with Crippen LogP contribution in [0.15, 0.2) is 0 Å². The Hall–Kier alpha value is -0.0900. The Balaban J connectivity index is 2.68. The fraction of sp³-hybridized carbons (Fsp3) is 0.889. The first-order chi connectivity index (χ1) is 6.23. The van der Waals surface area contributed by atoms with Gasteiger partial charge in [-0.1, -0.05) is 13.8 Å². The molecule has 0 heterocycles. The van der Waals surface area contributed by atoms with Gasteiger partial charge in [0.05, 0.1) is 0 Å². The van der Waals surface area contributed by atoms with Crippen LogP contribution < -0.4 is 0 Å². The molecule has 0 aromatic rings. The van der Waals surface area contributed by atoms with E-state index in [1.54, 1.807) is 0 Å². The van der Waals surface area contributed by atoms with Crippen LogP contribution in [0.5, 0.6) is 0 Å². The molecular formula is C9H13ClO3S. The topological polar surface area (TPSA) is 51.2 Å². The summed E-state index contributed by atoms with van der Waals surface area (Å²) in [7, 11) is 1.65. The number of rotatable bonds is 1. The number of ketones is 1. The summed E-state index contributed by atoms with van der Waals surface area (Å²) in [5, 5.41) is 0. The van der Waals surface area contributed by atoms with Gasteiger partial charge in [-0.05, 0) is 24.2 Å². The maximum absolute atomic E-state index is 11.8. The summed E-state index contributed by atoms with van der Waals surface area (Å²) in [6.45, 7) is 3.69. The fourth-order valence-electron chi connectivity index (χ4n) is 3.21.